The topological polar surface area (TPSA) is 29.3 Å². The van der Waals surface area contributed by atoms with Crippen LogP contribution < -0.4 is 5.73 Å². The van der Waals surface area contributed by atoms with E-state index < -0.39 is 0 Å². The average molecular weight is 184 g/mol. The second-order valence-electron chi connectivity index (χ2n) is 5.30. The fourth-order valence-corrected chi connectivity index (χ4v) is 2.38. The summed E-state index contributed by atoms with van der Waals surface area (Å²) in [5.41, 5.74) is 6.17. The van der Waals surface area contributed by atoms with Gasteiger partial charge in [-0.1, -0.05) is 13.8 Å². The second-order valence-corrected chi connectivity index (χ2v) is 5.30. The number of hydrogen-bond donors (Lipinski definition) is 1. The number of hydrogen-bond acceptors (Lipinski definition) is 2. The van der Waals surface area contributed by atoms with E-state index in [0.717, 1.165) is 18.4 Å². The van der Waals surface area contributed by atoms with E-state index >= 15 is 0 Å². The van der Waals surface area contributed by atoms with Crippen molar-refractivity contribution in [1.82, 2.24) is 4.90 Å². The summed E-state index contributed by atoms with van der Waals surface area (Å²) in [4.78, 5) is 2.53. The van der Waals surface area contributed by atoms with Crippen molar-refractivity contribution in [2.75, 3.05) is 13.1 Å². The van der Waals surface area contributed by atoms with Gasteiger partial charge < -0.3 is 5.73 Å². The predicted molar refractivity (Wildman–Crippen MR) is 57.6 cm³/mol. The molecule has 2 heteroatoms. The summed E-state index contributed by atoms with van der Waals surface area (Å²) in [6.07, 6.45) is 0. The number of nitrogens with two attached hydrogens (primary N) is 1. The zero-order chi connectivity index (χ0) is 10.2. The highest BCUT2D eigenvalue weighted by Crippen LogP contribution is 2.37. The zero-order valence-corrected chi connectivity index (χ0v) is 9.67. The molecule has 2 nitrogen and oxygen atoms in total. The first-order valence-electron chi connectivity index (χ1n) is 5.36. The fraction of sp³-hybridized carbons (Fsp3) is 1.00. The summed E-state index contributed by atoms with van der Waals surface area (Å²) >= 11 is 0. The van der Waals surface area contributed by atoms with E-state index in [-0.39, 0.29) is 6.04 Å². The van der Waals surface area contributed by atoms with Gasteiger partial charge in [0.1, 0.15) is 0 Å². The van der Waals surface area contributed by atoms with Crippen LogP contribution in [0.3, 0.4) is 0 Å². The molecule has 0 aromatic heterocycles. The third-order valence-electron chi connectivity index (χ3n) is 3.80. The monoisotopic (exact) mass is 184 g/mol. The van der Waals surface area contributed by atoms with Crippen LogP contribution in [-0.4, -0.2) is 29.6 Å². The molecule has 0 amide bonds. The maximum Gasteiger partial charge on any atom is 0.0182 e. The Morgan fingerprint density at radius 1 is 1.46 bits per heavy atom. The molecule has 1 aliphatic heterocycles. The molecule has 0 radical (unpaired) electrons. The molecule has 1 heterocycles. The van der Waals surface area contributed by atoms with Gasteiger partial charge in [-0.2, -0.15) is 0 Å². The van der Waals surface area contributed by atoms with E-state index in [1.165, 1.54) is 6.54 Å². The van der Waals surface area contributed by atoms with Crippen molar-refractivity contribution in [2.24, 2.45) is 17.6 Å². The third-order valence-corrected chi connectivity index (χ3v) is 3.80. The summed E-state index contributed by atoms with van der Waals surface area (Å²) in [6.45, 7) is 13.7. The van der Waals surface area contributed by atoms with Crippen LogP contribution in [0.15, 0.2) is 0 Å². The molecule has 13 heavy (non-hydrogen) atoms. The third kappa shape index (κ3) is 2.05. The molecule has 0 aromatic carbocycles. The van der Waals surface area contributed by atoms with Gasteiger partial charge in [0.05, 0.1) is 0 Å². The molecule has 0 aromatic rings. The van der Waals surface area contributed by atoms with E-state index in [0.29, 0.717) is 5.54 Å². The van der Waals surface area contributed by atoms with E-state index in [9.17, 15) is 0 Å². The SMILES string of the molecule is CC(N)CN1CC(C)C(C)C1(C)C. The van der Waals surface area contributed by atoms with E-state index in [1.807, 2.05) is 0 Å². The molecule has 3 unspecified atom stereocenters. The molecule has 3 atom stereocenters. The van der Waals surface area contributed by atoms with Crippen LogP contribution in [0.4, 0.5) is 0 Å². The fourth-order valence-electron chi connectivity index (χ4n) is 2.38. The maximum atomic E-state index is 5.84. The summed E-state index contributed by atoms with van der Waals surface area (Å²) < 4.78 is 0. The molecule has 0 bridgehead atoms. The van der Waals surface area contributed by atoms with Crippen LogP contribution >= 0.6 is 0 Å². The van der Waals surface area contributed by atoms with E-state index in [4.69, 9.17) is 5.73 Å². The first-order chi connectivity index (χ1) is 5.85. The highest BCUT2D eigenvalue weighted by molar-refractivity contribution is 4.97. The lowest BCUT2D eigenvalue weighted by atomic mass is 9.85. The van der Waals surface area contributed by atoms with Crippen molar-refractivity contribution in [2.45, 2.75) is 46.2 Å². The van der Waals surface area contributed by atoms with E-state index in [1.54, 1.807) is 0 Å². The van der Waals surface area contributed by atoms with Crippen molar-refractivity contribution in [1.29, 1.82) is 0 Å². The minimum atomic E-state index is 0.289. The van der Waals surface area contributed by atoms with E-state index in [2.05, 4.69) is 39.5 Å². The number of nitrogens with zero attached hydrogens (tertiary/aromatic N) is 1. The molecular weight excluding hydrogens is 160 g/mol. The Morgan fingerprint density at radius 2 is 2.00 bits per heavy atom. The zero-order valence-electron chi connectivity index (χ0n) is 9.67. The maximum absolute atomic E-state index is 5.84. The molecule has 1 rings (SSSR count). The molecule has 2 N–H and O–H groups in total. The summed E-state index contributed by atoms with van der Waals surface area (Å²) in [5.74, 6) is 1.57. The average Bonchev–Trinajstić information content (AvgIpc) is 2.15. The Kier molecular flexibility index (Phi) is 3.03. The Balaban J connectivity index is 2.67. The minimum Gasteiger partial charge on any atom is -0.327 e. The van der Waals surface area contributed by atoms with Crippen LogP contribution in [0.25, 0.3) is 0 Å². The Labute approximate surface area is 82.5 Å². The van der Waals surface area contributed by atoms with Gasteiger partial charge in [-0.05, 0) is 32.6 Å². The first kappa shape index (κ1) is 11.0. The van der Waals surface area contributed by atoms with Gasteiger partial charge in [-0.25, -0.2) is 0 Å². The van der Waals surface area contributed by atoms with Gasteiger partial charge in [-0.15, -0.1) is 0 Å². The van der Waals surface area contributed by atoms with Crippen LogP contribution in [0, 0.1) is 11.8 Å². The molecule has 1 saturated heterocycles. The Hall–Kier alpha value is -0.0800. The molecule has 0 saturated carbocycles. The van der Waals surface area contributed by atoms with Gasteiger partial charge in [0, 0.05) is 24.7 Å². The van der Waals surface area contributed by atoms with Crippen molar-refractivity contribution in [3.63, 3.8) is 0 Å². The van der Waals surface area contributed by atoms with Crippen LogP contribution in [0.1, 0.15) is 34.6 Å². The van der Waals surface area contributed by atoms with Crippen molar-refractivity contribution < 1.29 is 0 Å². The van der Waals surface area contributed by atoms with Crippen molar-refractivity contribution in [3.8, 4) is 0 Å². The van der Waals surface area contributed by atoms with Crippen LogP contribution in [-0.2, 0) is 0 Å². The quantitative estimate of drug-likeness (QED) is 0.708. The van der Waals surface area contributed by atoms with Gasteiger partial charge in [0.2, 0.25) is 0 Å². The molecule has 1 aliphatic rings. The number of rotatable bonds is 2. The molecule has 1 fully saturated rings. The molecule has 0 aliphatic carbocycles. The lowest BCUT2D eigenvalue weighted by Gasteiger charge is -2.35. The first-order valence-corrected chi connectivity index (χ1v) is 5.36. The van der Waals surface area contributed by atoms with Gasteiger partial charge in [0.15, 0.2) is 0 Å². The summed E-state index contributed by atoms with van der Waals surface area (Å²) in [7, 11) is 0. The largest absolute Gasteiger partial charge is 0.327 e. The molecule has 0 spiro atoms. The lowest BCUT2D eigenvalue weighted by Crippen LogP contribution is -2.46. The van der Waals surface area contributed by atoms with Gasteiger partial charge >= 0.3 is 0 Å². The van der Waals surface area contributed by atoms with Gasteiger partial charge in [-0.3, -0.25) is 4.90 Å². The minimum absolute atomic E-state index is 0.289. The molecular formula is C11H24N2. The number of likely N-dealkylation sites (tertiary alicyclic amines) is 1. The lowest BCUT2D eigenvalue weighted by molar-refractivity contribution is 0.138. The Bertz CT molecular complexity index is 173. The smallest absolute Gasteiger partial charge is 0.0182 e. The van der Waals surface area contributed by atoms with Crippen molar-refractivity contribution >= 4 is 0 Å². The predicted octanol–water partition coefficient (Wildman–Crippen LogP) is 1.70. The Morgan fingerprint density at radius 3 is 2.31 bits per heavy atom. The summed E-state index contributed by atoms with van der Waals surface area (Å²) in [5, 5.41) is 0. The van der Waals surface area contributed by atoms with Crippen molar-refractivity contribution in [3.05, 3.63) is 0 Å². The van der Waals surface area contributed by atoms with Crippen LogP contribution in [0.2, 0.25) is 0 Å². The standard InChI is InChI=1S/C11H24N2/c1-8-6-13(7-9(2)12)11(4,5)10(8)3/h8-10H,6-7,12H2,1-5H3. The molecule has 78 valence electrons. The normalized spacial score (nSPS) is 36.5. The van der Waals surface area contributed by atoms with Crippen LogP contribution in [0.5, 0.6) is 0 Å². The highest BCUT2D eigenvalue weighted by atomic mass is 15.2. The second kappa shape index (κ2) is 3.58. The highest BCUT2D eigenvalue weighted by Gasteiger charge is 2.42. The van der Waals surface area contributed by atoms with Gasteiger partial charge in [0.25, 0.3) is 0 Å². The summed E-state index contributed by atoms with van der Waals surface area (Å²) in [6, 6.07) is 0.289.